The van der Waals surface area contributed by atoms with Crippen molar-refractivity contribution in [3.05, 3.63) is 0 Å². The van der Waals surface area contributed by atoms with E-state index in [4.69, 9.17) is 0 Å². The van der Waals surface area contributed by atoms with Crippen LogP contribution in [0, 0.1) is 180 Å². The fourth-order valence-corrected chi connectivity index (χ4v) is 0. The van der Waals surface area contributed by atoms with Gasteiger partial charge in [0.2, 0.25) is 0 Å². The molecule has 2 radical (unpaired) electrons. The maximum Gasteiger partial charge on any atom is 0 e. The largest absolute Gasteiger partial charge is 2.00 e. The summed E-state index contributed by atoms with van der Waals surface area (Å²) in [6.07, 6.45) is 0. The number of rotatable bonds is 0. The predicted molar refractivity (Wildman–Crippen MR) is 3.43 cm³/mol. The molecule has 5 nitrogen and oxygen atoms in total. The molecule has 0 N–H and O–H groups in total. The Bertz CT molecular complexity index is 20.4. The van der Waals surface area contributed by atoms with E-state index >= 15 is 0 Å². The Kier molecular flexibility index (Phi) is 1130. The second-order valence-corrected chi connectivity index (χ2v) is 0. The van der Waals surface area contributed by atoms with Crippen molar-refractivity contribution in [2.45, 2.75) is 0 Å². The van der Waals surface area contributed by atoms with Crippen LogP contribution in [0.3, 0.4) is 0 Å². The molecule has 0 atom stereocenters. The van der Waals surface area contributed by atoms with Gasteiger partial charge in [0.15, 0.2) is 0 Å². The number of hydrogen-bond donors (Lipinski definition) is 0. The van der Waals surface area contributed by atoms with Gasteiger partial charge in [0, 0.05) is 180 Å². The molecule has 0 aromatic rings. The van der Waals surface area contributed by atoms with E-state index in [2.05, 4.69) is 0 Å². The van der Waals surface area contributed by atoms with Gasteiger partial charge < -0.3 is 27.4 Å². The fraction of sp³-hybridized carbons (Fsp3) is 0. The minimum atomic E-state index is 0. The molecule has 70 valence electrons. The third-order valence-corrected chi connectivity index (χ3v) is 0. The molecule has 0 aliphatic rings. The summed E-state index contributed by atoms with van der Waals surface area (Å²) in [6, 6.07) is 0. The van der Waals surface area contributed by atoms with Crippen LogP contribution in [0.15, 0.2) is 0 Å². The van der Waals surface area contributed by atoms with E-state index in [0.717, 1.165) is 0 Å². The molecular formula is Np2O5Pu2U2-10. The van der Waals surface area contributed by atoms with E-state index in [0.29, 0.717) is 0 Å². The van der Waals surface area contributed by atoms with Crippen molar-refractivity contribution in [3.63, 3.8) is 0 Å². The van der Waals surface area contributed by atoms with Gasteiger partial charge in [-0.3, -0.25) is 0 Å². The minimum absolute atomic E-state index is 0. The van der Waals surface area contributed by atoms with Crippen LogP contribution in [0.2, 0.25) is 0 Å². The molecule has 11 heavy (non-hydrogen) atoms. The van der Waals surface area contributed by atoms with Gasteiger partial charge in [0.05, 0.1) is 0 Å². The predicted octanol–water partition coefficient (Wildman–Crippen LogP) is -0.594. The van der Waals surface area contributed by atoms with E-state index in [1.165, 1.54) is 0 Å². The van der Waals surface area contributed by atoms with E-state index < -0.39 is 0 Å². The van der Waals surface area contributed by atoms with Crippen LogP contribution in [-0.2, 0) is 27.4 Å². The van der Waals surface area contributed by atoms with Gasteiger partial charge in [-0.25, -0.2) is 0 Å². The zero-order valence-electron chi connectivity index (χ0n) is 4.75. The SMILES string of the molecule is [Np].[Np].[O-2].[O-2].[O-2].[O-2].[O-2].[Pu].[Pu].[U].[U]. The fourth-order valence-electron chi connectivity index (χ4n) is 0. The van der Waals surface area contributed by atoms with Gasteiger partial charge in [-0.15, -0.1) is 0 Å². The van der Waals surface area contributed by atoms with Crippen molar-refractivity contribution < 1.29 is 208 Å². The van der Waals surface area contributed by atoms with Gasteiger partial charge >= 0.3 is 0 Å². The molecular weight excluding hydrogens is 1520 g/mol. The average molecular weight is 1520 g/mol. The van der Waals surface area contributed by atoms with E-state index in [1.807, 2.05) is 0 Å². The van der Waals surface area contributed by atoms with Crippen LogP contribution < -0.4 is 0 Å². The molecule has 0 fully saturated rings. The number of hydrogen-bond acceptors (Lipinski definition) is 0. The van der Waals surface area contributed by atoms with Crippen LogP contribution in [-0.4, -0.2) is 0 Å². The molecule has 0 aliphatic heterocycles. The van der Waals surface area contributed by atoms with Crippen LogP contribution in [0.4, 0.5) is 0 Å². The molecule has 0 aromatic heterocycles. The van der Waals surface area contributed by atoms with Crippen LogP contribution in [0.5, 0.6) is 0 Å². The minimum Gasteiger partial charge on any atom is -2.00 e. The summed E-state index contributed by atoms with van der Waals surface area (Å²) in [4.78, 5) is 0. The van der Waals surface area contributed by atoms with Crippen molar-refractivity contribution in [2.24, 2.45) is 0 Å². The zero-order chi connectivity index (χ0) is 0. The van der Waals surface area contributed by atoms with Crippen molar-refractivity contribution in [2.75, 3.05) is 0 Å². The summed E-state index contributed by atoms with van der Waals surface area (Å²) in [6.45, 7) is 0. The Hall–Kier alpha value is 5.90. The van der Waals surface area contributed by atoms with Crippen molar-refractivity contribution in [3.8, 4) is 0 Å². The summed E-state index contributed by atoms with van der Waals surface area (Å²) in [7, 11) is 0. The summed E-state index contributed by atoms with van der Waals surface area (Å²) >= 11 is 0. The first kappa shape index (κ1) is 123. The van der Waals surface area contributed by atoms with E-state index in [-0.39, 0.29) is 208 Å². The first-order chi connectivity index (χ1) is 0. The monoisotopic (exact) mass is 1500 g/mol. The second kappa shape index (κ2) is 101. The molecule has 0 rings (SSSR count). The van der Waals surface area contributed by atoms with Crippen LogP contribution in [0.25, 0.3) is 0 Å². The van der Waals surface area contributed by atoms with Crippen molar-refractivity contribution in [1.29, 1.82) is 0 Å². The summed E-state index contributed by atoms with van der Waals surface area (Å²) in [5.41, 5.74) is 0. The second-order valence-electron chi connectivity index (χ2n) is 0. The smallest absolute Gasteiger partial charge is 0 e. The maximum atomic E-state index is 0. The molecule has 0 spiro atoms. The van der Waals surface area contributed by atoms with Gasteiger partial charge in [-0.2, -0.15) is 0 Å². The third-order valence-electron chi connectivity index (χ3n) is 0. The molecule has 0 bridgehead atoms. The van der Waals surface area contributed by atoms with Gasteiger partial charge in [0.25, 0.3) is 0 Å². The molecule has 0 aliphatic carbocycles. The Balaban J connectivity index is 0. The van der Waals surface area contributed by atoms with Crippen LogP contribution in [0.1, 0.15) is 0 Å². The van der Waals surface area contributed by atoms with E-state index in [1.54, 1.807) is 0 Å². The molecule has 0 saturated carbocycles. The van der Waals surface area contributed by atoms with Crippen molar-refractivity contribution >= 4 is 0 Å². The molecule has 0 unspecified atom stereocenters. The summed E-state index contributed by atoms with van der Waals surface area (Å²) in [5, 5.41) is 0. The van der Waals surface area contributed by atoms with Gasteiger partial charge in [-0.05, 0) is 0 Å². The third kappa shape index (κ3) is 88.2. The maximum absolute atomic E-state index is 0. The molecule has 0 aromatic carbocycles. The van der Waals surface area contributed by atoms with Gasteiger partial charge in [0.1, 0.15) is 0 Å². The Labute approximate surface area is 202 Å². The van der Waals surface area contributed by atoms with Gasteiger partial charge in [-0.1, -0.05) is 0 Å². The topological polar surface area (TPSA) is 142 Å². The Morgan fingerprint density at radius 3 is 0.364 bits per heavy atom. The standard InChI is InChI=1S/2Np.5O.2Pu.2U/q;;5*-2;;;;. The normalized spacial score (nSPS) is 0. The molecule has 0 heterocycles. The van der Waals surface area contributed by atoms with E-state index in [9.17, 15) is 0 Å². The first-order valence-electron chi connectivity index (χ1n) is 0. The molecule has 0 amide bonds. The molecule has 0 saturated heterocycles. The van der Waals surface area contributed by atoms with Crippen LogP contribution >= 0.6 is 0 Å². The van der Waals surface area contributed by atoms with Crippen molar-refractivity contribution in [1.82, 2.24) is 0 Å². The summed E-state index contributed by atoms with van der Waals surface area (Å²) in [5.74, 6) is 0. The Morgan fingerprint density at radius 1 is 0.364 bits per heavy atom. The summed E-state index contributed by atoms with van der Waals surface area (Å²) < 4.78 is 0. The average Bonchev–Trinajstić information content (AvgIpc) is 0. The quantitative estimate of drug-likeness (QED) is 0.306. The Morgan fingerprint density at radius 2 is 0.364 bits per heavy atom. The zero-order valence-corrected chi connectivity index (χ0v) is 27.3. The molecule has 11 heteroatoms. The first-order valence-corrected chi connectivity index (χ1v) is 0.